The van der Waals surface area contributed by atoms with Crippen LogP contribution in [-0.4, -0.2) is 11.7 Å². The molecule has 0 spiro atoms. The number of amides is 1. The summed E-state index contributed by atoms with van der Waals surface area (Å²) in [6.07, 6.45) is 0. The molecule has 0 radical (unpaired) electrons. The summed E-state index contributed by atoms with van der Waals surface area (Å²) in [5.74, 6) is -0.662. The molecule has 2 N–H and O–H groups in total. The fourth-order valence-corrected chi connectivity index (χ4v) is 1.57. The van der Waals surface area contributed by atoms with Crippen LogP contribution in [0.1, 0.15) is 27.0 Å². The van der Waals surface area contributed by atoms with Crippen LogP contribution in [0.15, 0.2) is 11.4 Å². The van der Waals surface area contributed by atoms with Crippen molar-refractivity contribution in [3.8, 4) is 0 Å². The highest BCUT2D eigenvalue weighted by atomic mass is 32.1. The minimum Gasteiger partial charge on any atom is -0.365 e. The smallest absolute Gasteiger partial charge is 0.259 e. The van der Waals surface area contributed by atoms with Gasteiger partial charge in [-0.05, 0) is 18.4 Å². The Hall–Kier alpha value is -1.16. The summed E-state index contributed by atoms with van der Waals surface area (Å²) < 4.78 is 0. The van der Waals surface area contributed by atoms with Crippen LogP contribution in [0.2, 0.25) is 0 Å². The highest BCUT2D eigenvalue weighted by molar-refractivity contribution is 7.12. The monoisotopic (exact) mass is 169 g/mol. The number of ketones is 1. The molecule has 0 atom stereocenters. The van der Waals surface area contributed by atoms with E-state index in [-0.39, 0.29) is 5.78 Å². The summed E-state index contributed by atoms with van der Waals surface area (Å²) in [6.45, 7) is 1.41. The lowest BCUT2D eigenvalue weighted by Gasteiger charge is -1.92. The molecular formula is C7H7NO2S. The van der Waals surface area contributed by atoms with Gasteiger partial charge < -0.3 is 5.73 Å². The zero-order valence-electron chi connectivity index (χ0n) is 5.96. The van der Waals surface area contributed by atoms with E-state index in [0.717, 1.165) is 0 Å². The quantitative estimate of drug-likeness (QED) is 0.672. The van der Waals surface area contributed by atoms with Crippen molar-refractivity contribution in [2.45, 2.75) is 6.92 Å². The van der Waals surface area contributed by atoms with Gasteiger partial charge in [-0.15, -0.1) is 11.3 Å². The third-order valence-corrected chi connectivity index (χ3v) is 2.20. The van der Waals surface area contributed by atoms with Crippen molar-refractivity contribution in [1.82, 2.24) is 0 Å². The van der Waals surface area contributed by atoms with Gasteiger partial charge in [0.05, 0.1) is 0 Å². The molecular weight excluding hydrogens is 162 g/mol. The summed E-state index contributed by atoms with van der Waals surface area (Å²) in [7, 11) is 0. The third kappa shape index (κ3) is 1.46. The maximum atomic E-state index is 10.8. The van der Waals surface area contributed by atoms with E-state index in [1.807, 2.05) is 0 Å². The number of rotatable bonds is 2. The zero-order chi connectivity index (χ0) is 8.43. The van der Waals surface area contributed by atoms with E-state index in [0.29, 0.717) is 10.4 Å². The predicted molar refractivity (Wildman–Crippen MR) is 42.8 cm³/mol. The summed E-state index contributed by atoms with van der Waals surface area (Å²) in [4.78, 5) is 21.8. The lowest BCUT2D eigenvalue weighted by molar-refractivity contribution is 0.0977. The molecule has 4 heteroatoms. The van der Waals surface area contributed by atoms with Crippen molar-refractivity contribution in [1.29, 1.82) is 0 Å². The Bertz CT molecular complexity index is 275. The second-order valence-electron chi connectivity index (χ2n) is 2.08. The van der Waals surface area contributed by atoms with Crippen LogP contribution in [0, 0.1) is 0 Å². The van der Waals surface area contributed by atoms with E-state index in [1.165, 1.54) is 18.3 Å². The summed E-state index contributed by atoms with van der Waals surface area (Å²) in [5, 5.41) is 1.68. The van der Waals surface area contributed by atoms with E-state index < -0.39 is 5.91 Å². The molecule has 0 fully saturated rings. The molecule has 0 aliphatic carbocycles. The maximum Gasteiger partial charge on any atom is 0.259 e. The molecule has 3 nitrogen and oxygen atoms in total. The van der Waals surface area contributed by atoms with Crippen LogP contribution >= 0.6 is 11.3 Å². The zero-order valence-corrected chi connectivity index (χ0v) is 6.77. The van der Waals surface area contributed by atoms with Crippen molar-refractivity contribution in [3.05, 3.63) is 21.9 Å². The van der Waals surface area contributed by atoms with Crippen molar-refractivity contribution in [2.75, 3.05) is 0 Å². The highest BCUT2D eigenvalue weighted by Gasteiger charge is 2.12. The van der Waals surface area contributed by atoms with Crippen molar-refractivity contribution >= 4 is 23.0 Å². The van der Waals surface area contributed by atoms with Crippen LogP contribution in [0.3, 0.4) is 0 Å². The van der Waals surface area contributed by atoms with Gasteiger partial charge in [-0.3, -0.25) is 9.59 Å². The molecule has 0 unspecified atom stereocenters. The fraction of sp³-hybridized carbons (Fsp3) is 0.143. The van der Waals surface area contributed by atoms with E-state index >= 15 is 0 Å². The van der Waals surface area contributed by atoms with Gasteiger partial charge in [-0.1, -0.05) is 0 Å². The molecule has 58 valence electrons. The van der Waals surface area contributed by atoms with Gasteiger partial charge in [0.15, 0.2) is 5.78 Å². The van der Waals surface area contributed by atoms with Gasteiger partial charge in [0, 0.05) is 5.56 Å². The molecule has 1 aromatic rings. The molecule has 1 rings (SSSR count). The molecule has 0 aromatic carbocycles. The van der Waals surface area contributed by atoms with Gasteiger partial charge in [0.1, 0.15) is 4.88 Å². The number of hydrogen-bond acceptors (Lipinski definition) is 3. The van der Waals surface area contributed by atoms with Gasteiger partial charge in [-0.2, -0.15) is 0 Å². The Kier molecular flexibility index (Phi) is 2.05. The van der Waals surface area contributed by atoms with E-state index in [1.54, 1.807) is 11.4 Å². The first kappa shape index (κ1) is 7.94. The van der Waals surface area contributed by atoms with Crippen LogP contribution in [0.25, 0.3) is 0 Å². The number of thiophene rings is 1. The third-order valence-electron chi connectivity index (χ3n) is 1.27. The Morgan fingerprint density at radius 1 is 1.55 bits per heavy atom. The van der Waals surface area contributed by atoms with Crippen LogP contribution in [0.5, 0.6) is 0 Å². The normalized spacial score (nSPS) is 9.55. The second kappa shape index (κ2) is 2.84. The van der Waals surface area contributed by atoms with Crippen molar-refractivity contribution in [3.63, 3.8) is 0 Å². The van der Waals surface area contributed by atoms with Crippen LogP contribution < -0.4 is 5.73 Å². The Morgan fingerprint density at radius 3 is 2.55 bits per heavy atom. The van der Waals surface area contributed by atoms with Gasteiger partial charge >= 0.3 is 0 Å². The maximum absolute atomic E-state index is 10.8. The number of hydrogen-bond donors (Lipinski definition) is 1. The minimum atomic E-state index is -0.537. The molecule has 11 heavy (non-hydrogen) atoms. The number of carbonyl (C=O) groups is 2. The van der Waals surface area contributed by atoms with E-state index in [2.05, 4.69) is 0 Å². The van der Waals surface area contributed by atoms with Gasteiger partial charge in [0.2, 0.25) is 0 Å². The molecule has 0 saturated carbocycles. The van der Waals surface area contributed by atoms with Gasteiger partial charge in [0.25, 0.3) is 5.91 Å². The molecule has 0 aliphatic rings. The first-order valence-electron chi connectivity index (χ1n) is 3.01. The molecule has 1 aromatic heterocycles. The minimum absolute atomic E-state index is 0.125. The molecule has 1 heterocycles. The van der Waals surface area contributed by atoms with Gasteiger partial charge in [-0.25, -0.2) is 0 Å². The fourth-order valence-electron chi connectivity index (χ4n) is 0.777. The lowest BCUT2D eigenvalue weighted by atomic mass is 10.2. The second-order valence-corrected chi connectivity index (χ2v) is 3.00. The largest absolute Gasteiger partial charge is 0.365 e. The Balaban J connectivity index is 3.16. The Labute approximate surface area is 67.8 Å². The number of carbonyl (C=O) groups excluding carboxylic acids is 2. The van der Waals surface area contributed by atoms with Crippen molar-refractivity contribution in [2.24, 2.45) is 5.73 Å². The average molecular weight is 169 g/mol. The SMILES string of the molecule is CC(=O)c1ccsc1C(N)=O. The summed E-state index contributed by atoms with van der Waals surface area (Å²) in [5.41, 5.74) is 5.44. The van der Waals surface area contributed by atoms with E-state index in [4.69, 9.17) is 5.73 Å². The highest BCUT2D eigenvalue weighted by Crippen LogP contribution is 2.15. The summed E-state index contributed by atoms with van der Waals surface area (Å²) in [6, 6.07) is 1.60. The van der Waals surface area contributed by atoms with Crippen molar-refractivity contribution < 1.29 is 9.59 Å². The van der Waals surface area contributed by atoms with Crippen LogP contribution in [-0.2, 0) is 0 Å². The molecule has 0 saturated heterocycles. The molecule has 1 amide bonds. The summed E-state index contributed by atoms with van der Waals surface area (Å²) >= 11 is 1.19. The topological polar surface area (TPSA) is 60.2 Å². The first-order chi connectivity index (χ1) is 5.13. The standard InChI is InChI=1S/C7H7NO2S/c1-4(9)5-2-3-11-6(5)7(8)10/h2-3H,1H3,(H2,8,10). The van der Waals surface area contributed by atoms with Crippen LogP contribution in [0.4, 0.5) is 0 Å². The number of nitrogens with two attached hydrogens (primary N) is 1. The van der Waals surface area contributed by atoms with E-state index in [9.17, 15) is 9.59 Å². The molecule has 0 aliphatic heterocycles. The number of Topliss-reactive ketones (excluding diaryl/α,β-unsaturated/α-hetero) is 1. The number of primary amides is 1. The molecule has 0 bridgehead atoms. The predicted octanol–water partition coefficient (Wildman–Crippen LogP) is 1.05. The first-order valence-corrected chi connectivity index (χ1v) is 3.89. The Morgan fingerprint density at radius 2 is 2.18 bits per heavy atom. The lowest BCUT2D eigenvalue weighted by Crippen LogP contribution is -2.12. The average Bonchev–Trinajstić information content (AvgIpc) is 2.32.